The maximum Gasteiger partial charge on any atom is 0.261 e. The second-order valence-corrected chi connectivity index (χ2v) is 9.10. The molecule has 1 amide bonds. The van der Waals surface area contributed by atoms with Crippen LogP contribution in [0.3, 0.4) is 0 Å². The number of hydrogen-bond donors (Lipinski definition) is 2. The van der Waals surface area contributed by atoms with E-state index in [-0.39, 0.29) is 22.7 Å². The van der Waals surface area contributed by atoms with Gasteiger partial charge in [0.15, 0.2) is 0 Å². The molecule has 0 radical (unpaired) electrons. The largest absolute Gasteiger partial charge is 0.348 e. The minimum absolute atomic E-state index is 0.0258. The topological polar surface area (TPSA) is 93.1 Å². The Bertz CT molecular complexity index is 1450. The van der Waals surface area contributed by atoms with E-state index in [0.717, 1.165) is 24.3 Å². The van der Waals surface area contributed by atoms with Crippen LogP contribution in [0.4, 0.5) is 14.5 Å². The molecule has 4 rings (SSSR count). The molecule has 174 valence electrons. The molecule has 0 bridgehead atoms. The summed E-state index contributed by atoms with van der Waals surface area (Å²) in [6.45, 7) is 1.79. The smallest absolute Gasteiger partial charge is 0.261 e. The molecule has 1 heterocycles. The fourth-order valence-electron chi connectivity index (χ4n) is 3.35. The molecule has 4 aromatic rings. The fourth-order valence-corrected chi connectivity index (χ4v) is 4.43. The summed E-state index contributed by atoms with van der Waals surface area (Å²) < 4.78 is 57.0. The summed E-state index contributed by atoms with van der Waals surface area (Å²) in [6.07, 6.45) is 3.23. The van der Waals surface area contributed by atoms with Gasteiger partial charge in [-0.25, -0.2) is 22.2 Å². The van der Waals surface area contributed by atoms with Crippen molar-refractivity contribution in [3.8, 4) is 5.69 Å². The number of carbonyl (C=O) groups is 1. The van der Waals surface area contributed by atoms with Crippen LogP contribution in [0.15, 0.2) is 84.0 Å². The molecule has 0 unspecified atom stereocenters. The number of halogens is 2. The van der Waals surface area contributed by atoms with Gasteiger partial charge in [-0.2, -0.15) is 0 Å². The minimum Gasteiger partial charge on any atom is -0.348 e. The van der Waals surface area contributed by atoms with Crippen molar-refractivity contribution in [3.63, 3.8) is 0 Å². The van der Waals surface area contributed by atoms with E-state index in [9.17, 15) is 22.0 Å². The summed E-state index contributed by atoms with van der Waals surface area (Å²) in [5.41, 5.74) is 1.00. The van der Waals surface area contributed by atoms with Crippen molar-refractivity contribution < 1.29 is 22.0 Å². The summed E-state index contributed by atoms with van der Waals surface area (Å²) >= 11 is 0. The Hall–Kier alpha value is -4.05. The molecule has 0 spiro atoms. The lowest BCUT2D eigenvalue weighted by atomic mass is 10.1. The third-order valence-electron chi connectivity index (χ3n) is 5.09. The number of amides is 1. The van der Waals surface area contributed by atoms with Gasteiger partial charge in [0.1, 0.15) is 17.5 Å². The molecule has 7 nitrogen and oxygen atoms in total. The first-order chi connectivity index (χ1) is 16.2. The number of hydrogen-bond acceptors (Lipinski definition) is 4. The zero-order valence-corrected chi connectivity index (χ0v) is 18.8. The van der Waals surface area contributed by atoms with E-state index in [1.54, 1.807) is 48.1 Å². The second kappa shape index (κ2) is 9.44. The van der Waals surface area contributed by atoms with Crippen LogP contribution in [-0.4, -0.2) is 23.9 Å². The second-order valence-electron chi connectivity index (χ2n) is 7.42. The molecule has 0 saturated carbocycles. The molecule has 0 atom stereocenters. The Balaban J connectivity index is 1.49. The number of nitrogens with zero attached hydrogens (tertiary/aromatic N) is 2. The van der Waals surface area contributed by atoms with Crippen LogP contribution in [0.5, 0.6) is 0 Å². The van der Waals surface area contributed by atoms with E-state index in [2.05, 4.69) is 15.0 Å². The average molecular weight is 483 g/mol. The molecule has 0 aliphatic heterocycles. The molecule has 3 aromatic carbocycles. The van der Waals surface area contributed by atoms with Gasteiger partial charge in [-0.15, -0.1) is 0 Å². The van der Waals surface area contributed by atoms with Gasteiger partial charge >= 0.3 is 0 Å². The number of rotatable bonds is 7. The molecular weight excluding hydrogens is 462 g/mol. The third kappa shape index (κ3) is 4.96. The van der Waals surface area contributed by atoms with E-state index in [4.69, 9.17) is 0 Å². The first-order valence-electron chi connectivity index (χ1n) is 10.2. The van der Waals surface area contributed by atoms with Gasteiger partial charge in [-0.05, 0) is 61.0 Å². The lowest BCUT2D eigenvalue weighted by Gasteiger charge is -2.13. The standard InChI is InChI=1S/C24H20F2N4O3S/c1-16-27-12-13-30(16)23-11-6-17(14-21(23)26)15-28-24(31)20-4-2-3-5-22(20)29-34(32,33)19-9-7-18(25)8-10-19/h2-14,29H,15H2,1H3,(H,28,31). The summed E-state index contributed by atoms with van der Waals surface area (Å²) in [5, 5.41) is 2.67. The highest BCUT2D eigenvalue weighted by Crippen LogP contribution is 2.21. The van der Waals surface area contributed by atoms with E-state index >= 15 is 0 Å². The lowest BCUT2D eigenvalue weighted by Crippen LogP contribution is -2.25. The molecule has 34 heavy (non-hydrogen) atoms. The summed E-state index contributed by atoms with van der Waals surface area (Å²) in [7, 11) is -4.04. The van der Waals surface area contributed by atoms with Crippen molar-refractivity contribution in [3.05, 3.63) is 108 Å². The summed E-state index contributed by atoms with van der Waals surface area (Å²) in [6, 6.07) is 15.0. The highest BCUT2D eigenvalue weighted by molar-refractivity contribution is 7.92. The van der Waals surface area contributed by atoms with Gasteiger partial charge in [-0.3, -0.25) is 9.52 Å². The Morgan fingerprint density at radius 2 is 1.76 bits per heavy atom. The Kier molecular flexibility index (Phi) is 6.42. The van der Waals surface area contributed by atoms with Crippen LogP contribution in [0.1, 0.15) is 21.7 Å². The number of benzene rings is 3. The lowest BCUT2D eigenvalue weighted by molar-refractivity contribution is 0.0951. The maximum atomic E-state index is 14.6. The van der Waals surface area contributed by atoms with Crippen LogP contribution in [0.25, 0.3) is 5.69 Å². The van der Waals surface area contributed by atoms with Gasteiger partial charge in [0.2, 0.25) is 0 Å². The zero-order chi connectivity index (χ0) is 24.3. The number of imidazole rings is 1. The number of aromatic nitrogens is 2. The molecule has 0 saturated heterocycles. The van der Waals surface area contributed by atoms with Crippen molar-refractivity contribution in [1.82, 2.24) is 14.9 Å². The first kappa shape index (κ1) is 23.1. The van der Waals surface area contributed by atoms with Gasteiger partial charge in [-0.1, -0.05) is 18.2 Å². The summed E-state index contributed by atoms with van der Waals surface area (Å²) in [5.74, 6) is -0.948. The molecule has 10 heteroatoms. The average Bonchev–Trinajstić information content (AvgIpc) is 3.23. The van der Waals surface area contributed by atoms with E-state index in [1.807, 2.05) is 0 Å². The van der Waals surface area contributed by atoms with Crippen LogP contribution in [0.2, 0.25) is 0 Å². The quantitative estimate of drug-likeness (QED) is 0.413. The number of para-hydroxylation sites is 1. The molecule has 2 N–H and O–H groups in total. The Morgan fingerprint density at radius 3 is 2.44 bits per heavy atom. The number of carbonyl (C=O) groups excluding carboxylic acids is 1. The minimum atomic E-state index is -4.04. The first-order valence-corrected chi connectivity index (χ1v) is 11.7. The van der Waals surface area contributed by atoms with E-state index in [0.29, 0.717) is 17.1 Å². The van der Waals surface area contributed by atoms with E-state index in [1.165, 1.54) is 18.2 Å². The normalized spacial score (nSPS) is 11.3. The number of nitrogens with one attached hydrogen (secondary N) is 2. The number of aryl methyl sites for hydroxylation is 1. The Labute approximate surface area is 195 Å². The van der Waals surface area contributed by atoms with Crippen molar-refractivity contribution in [2.45, 2.75) is 18.4 Å². The monoisotopic (exact) mass is 482 g/mol. The number of sulfonamides is 1. The van der Waals surface area contributed by atoms with Crippen molar-refractivity contribution in [1.29, 1.82) is 0 Å². The van der Waals surface area contributed by atoms with Crippen LogP contribution >= 0.6 is 0 Å². The van der Waals surface area contributed by atoms with Crippen molar-refractivity contribution >= 4 is 21.6 Å². The predicted octanol–water partition coefficient (Wildman–Crippen LogP) is 4.19. The SMILES string of the molecule is Cc1nccn1-c1ccc(CNC(=O)c2ccccc2NS(=O)(=O)c2ccc(F)cc2)cc1F. The maximum absolute atomic E-state index is 14.6. The van der Waals surface area contributed by atoms with Crippen LogP contribution in [0, 0.1) is 18.6 Å². The van der Waals surface area contributed by atoms with Gasteiger partial charge in [0, 0.05) is 18.9 Å². The highest BCUT2D eigenvalue weighted by atomic mass is 32.2. The van der Waals surface area contributed by atoms with Crippen LogP contribution < -0.4 is 10.0 Å². The molecular formula is C24H20F2N4O3S. The molecule has 0 aliphatic rings. The highest BCUT2D eigenvalue weighted by Gasteiger charge is 2.19. The fraction of sp³-hybridized carbons (Fsp3) is 0.0833. The molecule has 0 aliphatic carbocycles. The zero-order valence-electron chi connectivity index (χ0n) is 18.0. The van der Waals surface area contributed by atoms with Crippen LogP contribution in [-0.2, 0) is 16.6 Å². The van der Waals surface area contributed by atoms with Gasteiger partial charge in [0.25, 0.3) is 15.9 Å². The number of anilines is 1. The third-order valence-corrected chi connectivity index (χ3v) is 6.47. The van der Waals surface area contributed by atoms with E-state index < -0.39 is 27.6 Å². The van der Waals surface area contributed by atoms with Gasteiger partial charge in [0.05, 0.1) is 21.8 Å². The summed E-state index contributed by atoms with van der Waals surface area (Å²) in [4.78, 5) is 16.7. The molecule has 1 aromatic heterocycles. The van der Waals surface area contributed by atoms with Gasteiger partial charge < -0.3 is 9.88 Å². The van der Waals surface area contributed by atoms with Crippen molar-refractivity contribution in [2.24, 2.45) is 0 Å². The van der Waals surface area contributed by atoms with Crippen molar-refractivity contribution in [2.75, 3.05) is 4.72 Å². The molecule has 0 fully saturated rings. The predicted molar refractivity (Wildman–Crippen MR) is 123 cm³/mol. The Morgan fingerprint density at radius 1 is 1.03 bits per heavy atom.